The van der Waals surface area contributed by atoms with E-state index >= 15 is 0 Å². The first-order chi connectivity index (χ1) is 11.8. The third-order valence-corrected chi connectivity index (χ3v) is 4.49. The smallest absolute Gasteiger partial charge is 0.326 e. The van der Waals surface area contributed by atoms with E-state index in [2.05, 4.69) is 0 Å². The summed E-state index contributed by atoms with van der Waals surface area (Å²) in [5.41, 5.74) is 0.687. The zero-order chi connectivity index (χ0) is 18.6. The van der Waals surface area contributed by atoms with E-state index in [0.29, 0.717) is 27.1 Å². The largest absolute Gasteiger partial charge is 0.504 e. The summed E-state index contributed by atoms with van der Waals surface area (Å²) >= 11 is 6.30. The summed E-state index contributed by atoms with van der Waals surface area (Å²) in [6.07, 6.45) is 1.39. The van der Waals surface area contributed by atoms with Gasteiger partial charge in [0.05, 0.1) is 17.6 Å². The van der Waals surface area contributed by atoms with E-state index in [9.17, 15) is 14.7 Å². The van der Waals surface area contributed by atoms with E-state index in [4.69, 9.17) is 21.7 Å². The van der Waals surface area contributed by atoms with Crippen molar-refractivity contribution in [2.75, 3.05) is 13.2 Å². The second-order valence-electron chi connectivity index (χ2n) is 5.47. The summed E-state index contributed by atoms with van der Waals surface area (Å²) in [4.78, 5) is 25.9. The number of ether oxygens (including phenoxy) is 2. The number of esters is 1. The van der Waals surface area contributed by atoms with Crippen molar-refractivity contribution in [2.24, 2.45) is 0 Å². The van der Waals surface area contributed by atoms with Gasteiger partial charge >= 0.3 is 5.97 Å². The number of phenolic OH excluding ortho intramolecular Hbond substituents is 1. The van der Waals surface area contributed by atoms with Crippen molar-refractivity contribution in [1.29, 1.82) is 0 Å². The van der Waals surface area contributed by atoms with Crippen molar-refractivity contribution in [3.63, 3.8) is 0 Å². The summed E-state index contributed by atoms with van der Waals surface area (Å²) in [7, 11) is 0. The minimum Gasteiger partial charge on any atom is -0.504 e. The molecule has 6 nitrogen and oxygen atoms in total. The molecule has 134 valence electrons. The van der Waals surface area contributed by atoms with Gasteiger partial charge in [-0.3, -0.25) is 14.5 Å². The number of rotatable bonds is 6. The number of amides is 1. The van der Waals surface area contributed by atoms with E-state index in [1.54, 1.807) is 32.1 Å². The van der Waals surface area contributed by atoms with Crippen LogP contribution in [-0.4, -0.2) is 45.5 Å². The van der Waals surface area contributed by atoms with Crippen LogP contribution in [0.25, 0.3) is 6.08 Å². The molecule has 8 heteroatoms. The van der Waals surface area contributed by atoms with Gasteiger partial charge in [-0.25, -0.2) is 0 Å². The number of aromatic hydroxyl groups is 1. The van der Waals surface area contributed by atoms with Crippen LogP contribution >= 0.6 is 24.0 Å². The molecule has 1 heterocycles. The first-order valence-corrected chi connectivity index (χ1v) is 8.95. The second-order valence-corrected chi connectivity index (χ2v) is 7.14. The fourth-order valence-electron chi connectivity index (χ4n) is 2.11. The number of phenols is 1. The molecule has 0 aromatic heterocycles. The van der Waals surface area contributed by atoms with Crippen LogP contribution in [0.4, 0.5) is 0 Å². The molecule has 0 saturated carbocycles. The zero-order valence-corrected chi connectivity index (χ0v) is 15.8. The lowest BCUT2D eigenvalue weighted by molar-refractivity contribution is -0.149. The summed E-state index contributed by atoms with van der Waals surface area (Å²) in [6.45, 7) is 5.50. The Hall–Kier alpha value is -2.06. The standard InChI is InChI=1S/C17H19NO5S2/c1-4-22-13-7-11(5-6-12(13)19)8-14-16(21)18(17(24)25-14)9-15(20)23-10(2)3/h5-8,10,19H,4,9H2,1-3H3. The highest BCUT2D eigenvalue weighted by atomic mass is 32.2. The molecule has 1 aliphatic heterocycles. The van der Waals surface area contributed by atoms with Gasteiger partial charge in [-0.05, 0) is 44.5 Å². The van der Waals surface area contributed by atoms with Gasteiger partial charge in [-0.15, -0.1) is 0 Å². The van der Waals surface area contributed by atoms with Crippen LogP contribution in [0, 0.1) is 0 Å². The molecular formula is C17H19NO5S2. The van der Waals surface area contributed by atoms with Crippen LogP contribution in [0.2, 0.25) is 0 Å². The first-order valence-electron chi connectivity index (χ1n) is 7.72. The minimum atomic E-state index is -0.504. The Balaban J connectivity index is 2.17. The molecule has 0 atom stereocenters. The van der Waals surface area contributed by atoms with Crippen LogP contribution in [0.1, 0.15) is 26.3 Å². The van der Waals surface area contributed by atoms with E-state index in [-0.39, 0.29) is 24.3 Å². The van der Waals surface area contributed by atoms with Gasteiger partial charge in [0.2, 0.25) is 0 Å². The van der Waals surface area contributed by atoms with E-state index in [1.807, 2.05) is 6.92 Å². The SMILES string of the molecule is CCOc1cc(C=C2SC(=S)N(CC(=O)OC(C)C)C2=O)ccc1O. The number of thioether (sulfide) groups is 1. The molecule has 0 unspecified atom stereocenters. The number of carbonyl (C=O) groups excluding carboxylic acids is 2. The fourth-order valence-corrected chi connectivity index (χ4v) is 3.36. The Morgan fingerprint density at radius 3 is 2.80 bits per heavy atom. The lowest BCUT2D eigenvalue weighted by Crippen LogP contribution is -2.35. The number of hydrogen-bond donors (Lipinski definition) is 1. The Labute approximate surface area is 155 Å². The molecule has 2 rings (SSSR count). The van der Waals surface area contributed by atoms with Gasteiger partial charge in [0.25, 0.3) is 5.91 Å². The summed E-state index contributed by atoms with van der Waals surface area (Å²) in [5, 5.41) is 9.74. The predicted molar refractivity (Wildman–Crippen MR) is 100 cm³/mol. The highest BCUT2D eigenvalue weighted by Crippen LogP contribution is 2.34. The summed E-state index contributed by atoms with van der Waals surface area (Å²) in [5.74, 6) is -0.479. The number of nitrogens with zero attached hydrogens (tertiary/aromatic N) is 1. The molecule has 25 heavy (non-hydrogen) atoms. The zero-order valence-electron chi connectivity index (χ0n) is 14.1. The highest BCUT2D eigenvalue weighted by molar-refractivity contribution is 8.26. The van der Waals surface area contributed by atoms with E-state index < -0.39 is 5.97 Å². The second kappa shape index (κ2) is 8.35. The molecule has 0 aliphatic carbocycles. The summed E-state index contributed by atoms with van der Waals surface area (Å²) < 4.78 is 10.7. The number of carbonyl (C=O) groups is 2. The average molecular weight is 381 g/mol. The average Bonchev–Trinajstić information content (AvgIpc) is 2.77. The quantitative estimate of drug-likeness (QED) is 0.461. The number of hydrogen-bond acceptors (Lipinski definition) is 7. The van der Waals surface area contributed by atoms with Crippen molar-refractivity contribution in [1.82, 2.24) is 4.90 Å². The third kappa shape index (κ3) is 4.96. The molecule has 0 bridgehead atoms. The first kappa shape index (κ1) is 19.3. The lowest BCUT2D eigenvalue weighted by atomic mass is 10.2. The van der Waals surface area contributed by atoms with Crippen molar-refractivity contribution < 1.29 is 24.2 Å². The number of thiocarbonyl (C=S) groups is 1. The van der Waals surface area contributed by atoms with Gasteiger partial charge in [0.15, 0.2) is 11.5 Å². The van der Waals surface area contributed by atoms with Gasteiger partial charge in [-0.2, -0.15) is 0 Å². The summed E-state index contributed by atoms with van der Waals surface area (Å²) in [6, 6.07) is 4.80. The van der Waals surface area contributed by atoms with Crippen molar-refractivity contribution >= 4 is 46.3 Å². The van der Waals surface area contributed by atoms with Crippen LogP contribution in [0.15, 0.2) is 23.1 Å². The molecule has 0 spiro atoms. The van der Waals surface area contributed by atoms with Crippen LogP contribution in [-0.2, 0) is 14.3 Å². The Morgan fingerprint density at radius 2 is 2.16 bits per heavy atom. The molecule has 1 aliphatic rings. The monoisotopic (exact) mass is 381 g/mol. The highest BCUT2D eigenvalue weighted by Gasteiger charge is 2.34. The molecule has 0 radical (unpaired) electrons. The van der Waals surface area contributed by atoms with E-state index in [0.717, 1.165) is 11.8 Å². The van der Waals surface area contributed by atoms with Gasteiger partial charge < -0.3 is 14.6 Å². The molecule has 1 N–H and O–H groups in total. The maximum atomic E-state index is 12.5. The number of benzene rings is 1. The molecule has 1 saturated heterocycles. The molecule has 1 aromatic rings. The molecule has 1 aromatic carbocycles. The van der Waals surface area contributed by atoms with Crippen molar-refractivity contribution in [3.8, 4) is 11.5 Å². The van der Waals surface area contributed by atoms with Crippen molar-refractivity contribution in [3.05, 3.63) is 28.7 Å². The van der Waals surface area contributed by atoms with Crippen LogP contribution in [0.3, 0.4) is 0 Å². The molecular weight excluding hydrogens is 362 g/mol. The lowest BCUT2D eigenvalue weighted by Gasteiger charge is -2.14. The van der Waals surface area contributed by atoms with E-state index in [1.165, 1.54) is 11.0 Å². The Kier molecular flexibility index (Phi) is 6.44. The maximum absolute atomic E-state index is 12.5. The fraction of sp³-hybridized carbons (Fsp3) is 0.353. The third-order valence-electron chi connectivity index (χ3n) is 3.11. The predicted octanol–water partition coefficient (Wildman–Crippen LogP) is 2.94. The normalized spacial score (nSPS) is 16.0. The van der Waals surface area contributed by atoms with Crippen LogP contribution in [0.5, 0.6) is 11.5 Å². The topological polar surface area (TPSA) is 76.1 Å². The minimum absolute atomic E-state index is 0.0305. The maximum Gasteiger partial charge on any atom is 0.326 e. The van der Waals surface area contributed by atoms with Gasteiger partial charge in [0, 0.05) is 0 Å². The Bertz CT molecular complexity index is 730. The van der Waals surface area contributed by atoms with Gasteiger partial charge in [0.1, 0.15) is 10.9 Å². The van der Waals surface area contributed by atoms with Crippen LogP contribution < -0.4 is 4.74 Å². The Morgan fingerprint density at radius 1 is 1.44 bits per heavy atom. The van der Waals surface area contributed by atoms with Crippen molar-refractivity contribution in [2.45, 2.75) is 26.9 Å². The molecule has 1 fully saturated rings. The molecule has 1 amide bonds. The van der Waals surface area contributed by atoms with Gasteiger partial charge in [-0.1, -0.05) is 30.0 Å².